The van der Waals surface area contributed by atoms with Crippen LogP contribution in [-0.4, -0.2) is 35.4 Å². The molecule has 3 N–H and O–H groups in total. The second-order valence-electron chi connectivity index (χ2n) is 7.74. The molecule has 4 rings (SSSR count). The van der Waals surface area contributed by atoms with Gasteiger partial charge in [0.2, 0.25) is 11.9 Å². The van der Waals surface area contributed by atoms with Gasteiger partial charge in [0.25, 0.3) is 0 Å². The van der Waals surface area contributed by atoms with Crippen molar-refractivity contribution in [3.05, 3.63) is 66.7 Å². The van der Waals surface area contributed by atoms with Crippen LogP contribution in [0.5, 0.6) is 0 Å². The minimum Gasteiger partial charge on any atom is -0.325 e. The number of amides is 1. The Kier molecular flexibility index (Phi) is 6.76. The molecule has 4 aromatic rings. The summed E-state index contributed by atoms with van der Waals surface area (Å²) in [5.41, 5.74) is 4.56. The van der Waals surface area contributed by atoms with Crippen molar-refractivity contribution in [1.29, 1.82) is 0 Å². The fourth-order valence-corrected chi connectivity index (χ4v) is 3.67. The highest BCUT2D eigenvalue weighted by Crippen LogP contribution is 2.24. The molecule has 3 aromatic heterocycles. The van der Waals surface area contributed by atoms with Gasteiger partial charge in [0.05, 0.1) is 17.9 Å². The van der Waals surface area contributed by atoms with Crippen LogP contribution in [-0.2, 0) is 11.3 Å². The lowest BCUT2D eigenvalue weighted by atomic mass is 10.1. The van der Waals surface area contributed by atoms with E-state index in [1.54, 1.807) is 11.7 Å². The van der Waals surface area contributed by atoms with Gasteiger partial charge in [-0.05, 0) is 31.4 Å². The van der Waals surface area contributed by atoms with E-state index >= 15 is 0 Å². The smallest absolute Gasteiger partial charge is 0.243 e. The number of fused-ring (bicyclic) bond motifs is 1. The summed E-state index contributed by atoms with van der Waals surface area (Å²) in [7, 11) is 0. The molecule has 1 aromatic carbocycles. The number of unbranched alkanes of at least 4 members (excludes halogenated alkanes) is 2. The van der Waals surface area contributed by atoms with Gasteiger partial charge in [0.15, 0.2) is 0 Å². The zero-order valence-corrected chi connectivity index (χ0v) is 18.0. The third-order valence-corrected chi connectivity index (χ3v) is 5.46. The van der Waals surface area contributed by atoms with Gasteiger partial charge in [-0.15, -0.1) is 0 Å². The molecule has 3 heterocycles. The lowest BCUT2D eigenvalue weighted by molar-refractivity contribution is -0.129. The van der Waals surface area contributed by atoms with Gasteiger partial charge < -0.3 is 9.88 Å². The lowest BCUT2D eigenvalue weighted by Crippen LogP contribution is -2.17. The van der Waals surface area contributed by atoms with Gasteiger partial charge in [0.1, 0.15) is 5.65 Å². The van der Waals surface area contributed by atoms with Crippen LogP contribution in [0, 0.1) is 0 Å². The van der Waals surface area contributed by atoms with E-state index in [2.05, 4.69) is 39.0 Å². The molecule has 9 heteroatoms. The van der Waals surface area contributed by atoms with Gasteiger partial charge in [-0.3, -0.25) is 14.7 Å². The molecule has 0 radical (unpaired) electrons. The average Bonchev–Trinajstić information content (AvgIpc) is 3.45. The highest BCUT2D eigenvalue weighted by atomic mass is 16.5. The summed E-state index contributed by atoms with van der Waals surface area (Å²) in [5.74, 6) is 0.170. The predicted octanol–water partition coefficient (Wildman–Crippen LogP) is 4.05. The summed E-state index contributed by atoms with van der Waals surface area (Å²) < 4.78 is 4.01. The number of benzene rings is 1. The first-order chi connectivity index (χ1) is 15.6. The Morgan fingerprint density at radius 2 is 1.97 bits per heavy atom. The Morgan fingerprint density at radius 3 is 2.78 bits per heavy atom. The lowest BCUT2D eigenvalue weighted by Gasteiger charge is -2.15. The van der Waals surface area contributed by atoms with E-state index in [1.807, 2.05) is 47.5 Å². The van der Waals surface area contributed by atoms with Crippen molar-refractivity contribution >= 4 is 28.6 Å². The standard InChI is InChI=1S/C23H27N7O2/c1-17(18-8-4-2-5-9-18)30-13-11-19-14-24-23(27-22(19)30)26-20-15-25-29(16-20)12-7-3-6-10-21(31)28-32/h2,4-5,8-9,11,13-17,32H,3,6-7,10,12H2,1H3,(H,28,31)(H,24,26,27). The summed E-state index contributed by atoms with van der Waals surface area (Å²) in [6.45, 7) is 2.91. The van der Waals surface area contributed by atoms with Crippen LogP contribution in [0.4, 0.5) is 11.6 Å². The monoisotopic (exact) mass is 433 g/mol. The predicted molar refractivity (Wildman–Crippen MR) is 122 cm³/mol. The summed E-state index contributed by atoms with van der Waals surface area (Å²) in [6.07, 6.45) is 10.4. The maximum absolute atomic E-state index is 11.0. The summed E-state index contributed by atoms with van der Waals surface area (Å²) in [5, 5.41) is 17.1. The van der Waals surface area contributed by atoms with E-state index in [0.717, 1.165) is 42.5 Å². The van der Waals surface area contributed by atoms with Crippen LogP contribution in [0.15, 0.2) is 61.2 Å². The van der Waals surface area contributed by atoms with Crippen molar-refractivity contribution in [2.75, 3.05) is 5.32 Å². The SMILES string of the molecule is CC(c1ccccc1)n1ccc2cnc(Nc3cnn(CCCCCC(=O)NO)c3)nc21. The molecule has 166 valence electrons. The van der Waals surface area contributed by atoms with Crippen LogP contribution in [0.2, 0.25) is 0 Å². The molecule has 0 aliphatic carbocycles. The molecule has 1 atom stereocenters. The Bertz CT molecular complexity index is 1170. The van der Waals surface area contributed by atoms with Crippen molar-refractivity contribution in [2.45, 2.75) is 45.2 Å². The molecule has 0 aliphatic rings. The zero-order valence-electron chi connectivity index (χ0n) is 18.0. The van der Waals surface area contributed by atoms with Crippen LogP contribution >= 0.6 is 0 Å². The van der Waals surface area contributed by atoms with Crippen LogP contribution in [0.3, 0.4) is 0 Å². The summed E-state index contributed by atoms with van der Waals surface area (Å²) in [6, 6.07) is 12.5. The van der Waals surface area contributed by atoms with E-state index in [4.69, 9.17) is 10.2 Å². The molecule has 0 aliphatic heterocycles. The molecule has 1 amide bonds. The first kappa shape index (κ1) is 21.5. The van der Waals surface area contributed by atoms with Gasteiger partial charge in [-0.2, -0.15) is 10.1 Å². The first-order valence-electron chi connectivity index (χ1n) is 10.7. The fourth-order valence-electron chi connectivity index (χ4n) is 3.67. The molecule has 0 saturated carbocycles. The molecular weight excluding hydrogens is 406 g/mol. The second kappa shape index (κ2) is 10.1. The number of rotatable bonds is 10. The largest absolute Gasteiger partial charge is 0.325 e. The van der Waals surface area contributed by atoms with Gasteiger partial charge in [0, 0.05) is 36.9 Å². The maximum atomic E-state index is 11.0. The normalized spacial score (nSPS) is 12.1. The van der Waals surface area contributed by atoms with E-state index < -0.39 is 0 Å². The van der Waals surface area contributed by atoms with Gasteiger partial charge in [-0.1, -0.05) is 36.8 Å². The van der Waals surface area contributed by atoms with E-state index in [0.29, 0.717) is 12.4 Å². The molecule has 1 unspecified atom stereocenters. The number of aromatic nitrogens is 5. The topological polar surface area (TPSA) is 110 Å². The molecule has 0 spiro atoms. The summed E-state index contributed by atoms with van der Waals surface area (Å²) in [4.78, 5) is 20.2. The molecule has 0 fully saturated rings. The Hall–Kier alpha value is -3.72. The molecule has 9 nitrogen and oxygen atoms in total. The number of nitrogens with zero attached hydrogens (tertiary/aromatic N) is 5. The quantitative estimate of drug-likeness (QED) is 0.198. The molecule has 0 bridgehead atoms. The number of carbonyl (C=O) groups is 1. The van der Waals surface area contributed by atoms with E-state index in [1.165, 1.54) is 5.56 Å². The van der Waals surface area contributed by atoms with Crippen LogP contribution in [0.1, 0.15) is 44.2 Å². The highest BCUT2D eigenvalue weighted by molar-refractivity contribution is 5.77. The Labute approximate surface area is 186 Å². The fraction of sp³-hybridized carbons (Fsp3) is 0.304. The average molecular weight is 434 g/mol. The minimum absolute atomic E-state index is 0.155. The van der Waals surface area contributed by atoms with Crippen LogP contribution < -0.4 is 10.8 Å². The Morgan fingerprint density at radius 1 is 1.12 bits per heavy atom. The van der Waals surface area contributed by atoms with Crippen molar-refractivity contribution < 1.29 is 10.0 Å². The Balaban J connectivity index is 1.39. The zero-order chi connectivity index (χ0) is 22.3. The van der Waals surface area contributed by atoms with Crippen LogP contribution in [0.25, 0.3) is 11.0 Å². The number of aryl methyl sites for hydroxylation is 1. The number of nitrogens with one attached hydrogen (secondary N) is 2. The number of carbonyl (C=O) groups excluding carboxylic acids is 1. The summed E-state index contributed by atoms with van der Waals surface area (Å²) >= 11 is 0. The third kappa shape index (κ3) is 5.12. The molecular formula is C23H27N7O2. The number of anilines is 2. The maximum Gasteiger partial charge on any atom is 0.243 e. The number of hydroxylamine groups is 1. The van der Waals surface area contributed by atoms with Crippen molar-refractivity contribution in [1.82, 2.24) is 29.8 Å². The molecule has 32 heavy (non-hydrogen) atoms. The molecule has 0 saturated heterocycles. The number of hydrogen-bond donors (Lipinski definition) is 3. The van der Waals surface area contributed by atoms with Crippen molar-refractivity contribution in [3.63, 3.8) is 0 Å². The first-order valence-corrected chi connectivity index (χ1v) is 10.7. The van der Waals surface area contributed by atoms with E-state index in [9.17, 15) is 4.79 Å². The number of hydrogen-bond acceptors (Lipinski definition) is 6. The second-order valence-corrected chi connectivity index (χ2v) is 7.74. The third-order valence-electron chi connectivity index (χ3n) is 5.46. The van der Waals surface area contributed by atoms with E-state index in [-0.39, 0.29) is 11.9 Å². The van der Waals surface area contributed by atoms with Gasteiger partial charge >= 0.3 is 0 Å². The van der Waals surface area contributed by atoms with Crippen molar-refractivity contribution in [3.8, 4) is 0 Å². The minimum atomic E-state index is -0.350. The van der Waals surface area contributed by atoms with Gasteiger partial charge in [-0.25, -0.2) is 10.5 Å². The highest BCUT2D eigenvalue weighted by Gasteiger charge is 2.13. The van der Waals surface area contributed by atoms with Crippen molar-refractivity contribution in [2.24, 2.45) is 0 Å².